The van der Waals surface area contributed by atoms with Crippen molar-refractivity contribution in [3.05, 3.63) is 35.1 Å². The molecule has 0 bridgehead atoms. The quantitative estimate of drug-likeness (QED) is 0.193. The molecule has 0 heterocycles. The number of halogens is 2. The van der Waals surface area contributed by atoms with Crippen molar-refractivity contribution in [2.45, 2.75) is 40.0 Å². The molecule has 0 radical (unpaired) electrons. The van der Waals surface area contributed by atoms with E-state index in [0.717, 1.165) is 30.1 Å². The van der Waals surface area contributed by atoms with Gasteiger partial charge in [0, 0.05) is 26.1 Å². The van der Waals surface area contributed by atoms with Crippen molar-refractivity contribution in [2.24, 2.45) is 4.99 Å². The fourth-order valence-electron chi connectivity index (χ4n) is 2.24. The third-order valence-corrected chi connectivity index (χ3v) is 3.45. The lowest BCUT2D eigenvalue weighted by Gasteiger charge is -2.12. The normalized spacial score (nSPS) is 10.8. The molecule has 0 saturated carbocycles. The zero-order valence-electron chi connectivity index (χ0n) is 15.2. The molecule has 5 nitrogen and oxygen atoms in total. The summed E-state index contributed by atoms with van der Waals surface area (Å²) in [5.74, 6) is 0.333. The predicted octanol–water partition coefficient (Wildman–Crippen LogP) is 3.19. The maximum absolute atomic E-state index is 13.1. The number of nitrogens with zero attached hydrogens (tertiary/aromatic N) is 1. The molecule has 1 aromatic carbocycles. The number of aliphatic imine (C=N–C) groups is 1. The van der Waals surface area contributed by atoms with Gasteiger partial charge in [0.15, 0.2) is 5.96 Å². The fourth-order valence-corrected chi connectivity index (χ4v) is 2.24. The lowest BCUT2D eigenvalue weighted by atomic mass is 10.1. The number of ether oxygens (including phenoxy) is 1. The van der Waals surface area contributed by atoms with Crippen molar-refractivity contribution in [2.75, 3.05) is 26.2 Å². The highest BCUT2D eigenvalue weighted by Crippen LogP contribution is 2.10. The van der Waals surface area contributed by atoms with Crippen LogP contribution < -0.4 is 10.6 Å². The van der Waals surface area contributed by atoms with Crippen molar-refractivity contribution < 1.29 is 13.9 Å². The largest absolute Gasteiger partial charge is 0.466 e. The summed E-state index contributed by atoms with van der Waals surface area (Å²) in [5.41, 5.74) is 2.07. The minimum absolute atomic E-state index is 0. The van der Waals surface area contributed by atoms with E-state index in [-0.39, 0.29) is 35.8 Å². The molecule has 1 rings (SSSR count). The van der Waals surface area contributed by atoms with Crippen LogP contribution in [0.15, 0.2) is 23.2 Å². The number of carbonyl (C=O) groups is 1. The first-order chi connectivity index (χ1) is 11.6. The summed E-state index contributed by atoms with van der Waals surface area (Å²) >= 11 is 0. The average Bonchev–Trinajstić information content (AvgIpc) is 2.53. The molecular formula is C18H29FIN3O2. The van der Waals surface area contributed by atoms with Gasteiger partial charge in [-0.1, -0.05) is 6.07 Å². The van der Waals surface area contributed by atoms with Gasteiger partial charge < -0.3 is 15.4 Å². The molecule has 0 unspecified atom stereocenters. The molecular weight excluding hydrogens is 436 g/mol. The van der Waals surface area contributed by atoms with E-state index in [4.69, 9.17) is 4.74 Å². The molecule has 0 aliphatic rings. The van der Waals surface area contributed by atoms with Gasteiger partial charge in [-0.15, -0.1) is 24.0 Å². The van der Waals surface area contributed by atoms with E-state index in [9.17, 15) is 9.18 Å². The molecule has 0 aliphatic heterocycles. The molecule has 142 valence electrons. The molecule has 25 heavy (non-hydrogen) atoms. The Labute approximate surface area is 166 Å². The molecule has 0 aromatic heterocycles. The highest BCUT2D eigenvalue weighted by atomic mass is 127. The van der Waals surface area contributed by atoms with Crippen LogP contribution in [0.5, 0.6) is 0 Å². The molecule has 0 amide bonds. The van der Waals surface area contributed by atoms with Gasteiger partial charge in [0.05, 0.1) is 6.61 Å². The Morgan fingerprint density at radius 2 is 2.04 bits per heavy atom. The minimum Gasteiger partial charge on any atom is -0.466 e. The third-order valence-electron chi connectivity index (χ3n) is 3.45. The highest BCUT2D eigenvalue weighted by Gasteiger charge is 2.03. The summed E-state index contributed by atoms with van der Waals surface area (Å²) in [6.07, 6.45) is 1.83. The number of hydrogen-bond donors (Lipinski definition) is 2. The second-order valence-electron chi connectivity index (χ2n) is 5.42. The topological polar surface area (TPSA) is 62.7 Å². The number of rotatable bonds is 9. The Hall–Kier alpha value is -1.38. The van der Waals surface area contributed by atoms with Gasteiger partial charge in [0.2, 0.25) is 0 Å². The first-order valence-corrected chi connectivity index (χ1v) is 8.49. The van der Waals surface area contributed by atoms with E-state index in [1.54, 1.807) is 13.0 Å². The van der Waals surface area contributed by atoms with E-state index in [0.29, 0.717) is 32.5 Å². The molecule has 0 atom stereocenters. The van der Waals surface area contributed by atoms with Crippen LogP contribution in [0.4, 0.5) is 4.39 Å². The lowest BCUT2D eigenvalue weighted by Crippen LogP contribution is -2.38. The second-order valence-corrected chi connectivity index (χ2v) is 5.42. The van der Waals surface area contributed by atoms with Gasteiger partial charge in [-0.2, -0.15) is 0 Å². The summed E-state index contributed by atoms with van der Waals surface area (Å²) in [4.78, 5) is 15.7. The second kappa shape index (κ2) is 13.9. The smallest absolute Gasteiger partial charge is 0.305 e. The van der Waals surface area contributed by atoms with E-state index < -0.39 is 0 Å². The highest BCUT2D eigenvalue weighted by molar-refractivity contribution is 14.0. The van der Waals surface area contributed by atoms with Crippen LogP contribution in [-0.2, 0) is 16.0 Å². The molecule has 2 N–H and O–H groups in total. The number of hydrogen-bond acceptors (Lipinski definition) is 3. The molecule has 0 fully saturated rings. The van der Waals surface area contributed by atoms with E-state index >= 15 is 0 Å². The Kier molecular flexibility index (Phi) is 13.1. The molecule has 0 saturated heterocycles. The van der Waals surface area contributed by atoms with E-state index in [1.165, 1.54) is 6.07 Å². The van der Waals surface area contributed by atoms with E-state index in [1.807, 2.05) is 19.9 Å². The standard InChI is InChI=1S/C18H28FN3O2.HI/c1-4-20-18(21-11-6-7-17(23)24-5-2)22-12-10-15-8-9-16(19)13-14(15)3;/h8-9,13H,4-7,10-12H2,1-3H3,(H2,20,21,22);1H. The van der Waals surface area contributed by atoms with Crippen molar-refractivity contribution in [1.82, 2.24) is 10.6 Å². The minimum atomic E-state index is -0.208. The van der Waals surface area contributed by atoms with Crippen LogP contribution in [0.2, 0.25) is 0 Å². The maximum atomic E-state index is 13.1. The van der Waals surface area contributed by atoms with Crippen molar-refractivity contribution in [1.29, 1.82) is 0 Å². The van der Waals surface area contributed by atoms with Gasteiger partial charge in [-0.05, 0) is 56.9 Å². The molecule has 0 aliphatic carbocycles. The summed E-state index contributed by atoms with van der Waals surface area (Å²) in [6.45, 7) is 8.15. The van der Waals surface area contributed by atoms with Gasteiger partial charge in [-0.3, -0.25) is 9.79 Å². The molecule has 1 aromatic rings. The number of carbonyl (C=O) groups excluding carboxylic acids is 1. The third kappa shape index (κ3) is 10.3. The fraction of sp³-hybridized carbons (Fsp3) is 0.556. The molecule has 0 spiro atoms. The monoisotopic (exact) mass is 465 g/mol. The van der Waals surface area contributed by atoms with Gasteiger partial charge >= 0.3 is 5.97 Å². The zero-order valence-corrected chi connectivity index (χ0v) is 17.6. The first-order valence-electron chi connectivity index (χ1n) is 8.49. The average molecular weight is 465 g/mol. The Morgan fingerprint density at radius 3 is 2.68 bits per heavy atom. The summed E-state index contributed by atoms with van der Waals surface area (Å²) < 4.78 is 18.0. The van der Waals surface area contributed by atoms with Crippen LogP contribution in [0, 0.1) is 12.7 Å². The Bertz CT molecular complexity index is 553. The van der Waals surface area contributed by atoms with Crippen LogP contribution >= 0.6 is 24.0 Å². The van der Waals surface area contributed by atoms with E-state index in [2.05, 4.69) is 15.6 Å². The number of benzene rings is 1. The van der Waals surface area contributed by atoms with Crippen molar-refractivity contribution >= 4 is 35.9 Å². The number of esters is 1. The van der Waals surface area contributed by atoms with Crippen molar-refractivity contribution in [3.8, 4) is 0 Å². The zero-order chi connectivity index (χ0) is 17.8. The lowest BCUT2D eigenvalue weighted by molar-refractivity contribution is -0.143. The summed E-state index contributed by atoms with van der Waals surface area (Å²) in [6, 6.07) is 4.84. The van der Waals surface area contributed by atoms with Crippen molar-refractivity contribution in [3.63, 3.8) is 0 Å². The SMILES string of the molecule is CCNC(=NCCCC(=O)OCC)NCCc1ccc(F)cc1C.I. The molecule has 7 heteroatoms. The summed E-state index contributed by atoms with van der Waals surface area (Å²) in [7, 11) is 0. The first kappa shape index (κ1) is 23.6. The van der Waals surface area contributed by atoms with Crippen LogP contribution in [0.3, 0.4) is 0 Å². The van der Waals surface area contributed by atoms with Crippen LogP contribution in [0.1, 0.15) is 37.8 Å². The Morgan fingerprint density at radius 1 is 1.28 bits per heavy atom. The summed E-state index contributed by atoms with van der Waals surface area (Å²) in [5, 5.41) is 6.42. The van der Waals surface area contributed by atoms with Gasteiger partial charge in [-0.25, -0.2) is 4.39 Å². The van der Waals surface area contributed by atoms with Crippen LogP contribution in [-0.4, -0.2) is 38.2 Å². The number of nitrogens with one attached hydrogen (secondary N) is 2. The van der Waals surface area contributed by atoms with Gasteiger partial charge in [0.25, 0.3) is 0 Å². The van der Waals surface area contributed by atoms with Crippen LogP contribution in [0.25, 0.3) is 0 Å². The predicted molar refractivity (Wildman–Crippen MR) is 110 cm³/mol. The maximum Gasteiger partial charge on any atom is 0.305 e. The van der Waals surface area contributed by atoms with Gasteiger partial charge in [0.1, 0.15) is 5.82 Å². The Balaban J connectivity index is 0.00000576. The number of guanidine groups is 1. The number of aryl methyl sites for hydroxylation is 1.